The molecule has 1 aliphatic carbocycles. The zero-order chi connectivity index (χ0) is 11.9. The molecule has 0 amide bonds. The maximum absolute atomic E-state index is 10.3. The third-order valence-electron chi connectivity index (χ3n) is 3.98. The summed E-state index contributed by atoms with van der Waals surface area (Å²) in [6.07, 6.45) is 4.83. The number of hydrogen-bond donors (Lipinski definition) is 1. The Labute approximate surface area is 101 Å². The molecule has 0 saturated heterocycles. The molecule has 1 spiro atoms. The predicted octanol–water partition coefficient (Wildman–Crippen LogP) is 2.82. The van der Waals surface area contributed by atoms with Gasteiger partial charge < -0.3 is 14.6 Å². The minimum absolute atomic E-state index is 0.110. The van der Waals surface area contributed by atoms with E-state index in [1.165, 1.54) is 12.8 Å². The highest BCUT2D eigenvalue weighted by Gasteiger charge is 2.42. The maximum Gasteiger partial charge on any atom is 0.126 e. The minimum atomic E-state index is -0.424. The standard InChI is InChI=1S/C14H18O3/c1-16-10-4-5-13-11(8-10)12(15)9-14(17-13)6-2-3-7-14/h4-5,8,12,15H,2-3,6-7,9H2,1H3. The molecule has 1 saturated carbocycles. The Morgan fingerprint density at radius 2 is 2.12 bits per heavy atom. The van der Waals surface area contributed by atoms with E-state index in [2.05, 4.69) is 0 Å². The molecule has 1 atom stereocenters. The van der Waals surface area contributed by atoms with Crippen molar-refractivity contribution < 1.29 is 14.6 Å². The SMILES string of the molecule is COc1ccc2c(c1)C(O)CC1(CCCC1)O2. The van der Waals surface area contributed by atoms with Crippen LogP contribution in [0.15, 0.2) is 18.2 Å². The van der Waals surface area contributed by atoms with Crippen molar-refractivity contribution in [2.24, 2.45) is 0 Å². The number of ether oxygens (including phenoxy) is 2. The Bertz CT molecular complexity index is 421. The Kier molecular flexibility index (Phi) is 2.51. The molecule has 1 heterocycles. The van der Waals surface area contributed by atoms with Gasteiger partial charge in [0, 0.05) is 12.0 Å². The molecule has 3 heteroatoms. The fraction of sp³-hybridized carbons (Fsp3) is 0.571. The molecule has 0 aromatic heterocycles. The number of hydrogen-bond acceptors (Lipinski definition) is 3. The highest BCUT2D eigenvalue weighted by atomic mass is 16.5. The first-order valence-electron chi connectivity index (χ1n) is 6.27. The summed E-state index contributed by atoms with van der Waals surface area (Å²) in [7, 11) is 1.64. The summed E-state index contributed by atoms with van der Waals surface area (Å²) in [6, 6.07) is 5.68. The normalized spacial score (nSPS) is 25.4. The van der Waals surface area contributed by atoms with Gasteiger partial charge in [-0.2, -0.15) is 0 Å². The third kappa shape index (κ3) is 1.78. The molecule has 3 rings (SSSR count). The zero-order valence-electron chi connectivity index (χ0n) is 10.1. The van der Waals surface area contributed by atoms with Gasteiger partial charge in [0.05, 0.1) is 13.2 Å². The molecule has 0 radical (unpaired) electrons. The molecule has 1 aliphatic heterocycles. The van der Waals surface area contributed by atoms with Crippen LogP contribution in [0.1, 0.15) is 43.8 Å². The summed E-state index contributed by atoms with van der Waals surface area (Å²) in [5.74, 6) is 1.60. The van der Waals surface area contributed by atoms with Crippen LogP contribution in [-0.2, 0) is 0 Å². The van der Waals surface area contributed by atoms with E-state index in [1.54, 1.807) is 7.11 Å². The highest BCUT2D eigenvalue weighted by molar-refractivity contribution is 5.43. The molecular weight excluding hydrogens is 216 g/mol. The van der Waals surface area contributed by atoms with Crippen molar-refractivity contribution in [1.29, 1.82) is 0 Å². The average Bonchev–Trinajstić information content (AvgIpc) is 2.77. The van der Waals surface area contributed by atoms with Crippen LogP contribution in [0.25, 0.3) is 0 Å². The molecule has 17 heavy (non-hydrogen) atoms. The van der Waals surface area contributed by atoms with Gasteiger partial charge in [0.2, 0.25) is 0 Å². The van der Waals surface area contributed by atoms with Gasteiger partial charge in [0.15, 0.2) is 0 Å². The van der Waals surface area contributed by atoms with Crippen molar-refractivity contribution in [2.75, 3.05) is 7.11 Å². The summed E-state index contributed by atoms with van der Waals surface area (Å²) in [5, 5.41) is 10.3. The van der Waals surface area contributed by atoms with Crippen LogP contribution >= 0.6 is 0 Å². The molecule has 1 fully saturated rings. The number of methoxy groups -OCH3 is 1. The van der Waals surface area contributed by atoms with E-state index < -0.39 is 6.10 Å². The molecular formula is C14H18O3. The average molecular weight is 234 g/mol. The van der Waals surface area contributed by atoms with Crippen molar-refractivity contribution in [3.05, 3.63) is 23.8 Å². The van der Waals surface area contributed by atoms with Gasteiger partial charge in [-0.05, 0) is 43.9 Å². The number of benzene rings is 1. The summed E-state index contributed by atoms with van der Waals surface area (Å²) < 4.78 is 11.3. The van der Waals surface area contributed by atoms with Gasteiger partial charge in [-0.15, -0.1) is 0 Å². The van der Waals surface area contributed by atoms with Crippen LogP contribution in [-0.4, -0.2) is 17.8 Å². The second-order valence-electron chi connectivity index (χ2n) is 5.12. The number of aliphatic hydroxyl groups is 1. The summed E-state index contributed by atoms with van der Waals surface area (Å²) in [4.78, 5) is 0. The molecule has 3 nitrogen and oxygen atoms in total. The molecule has 1 unspecified atom stereocenters. The molecule has 0 bridgehead atoms. The van der Waals surface area contributed by atoms with Crippen LogP contribution in [0.4, 0.5) is 0 Å². The second-order valence-corrected chi connectivity index (χ2v) is 5.12. The van der Waals surface area contributed by atoms with Crippen molar-refractivity contribution in [1.82, 2.24) is 0 Å². The van der Waals surface area contributed by atoms with Gasteiger partial charge >= 0.3 is 0 Å². The quantitative estimate of drug-likeness (QED) is 0.812. The third-order valence-corrected chi connectivity index (χ3v) is 3.98. The van der Waals surface area contributed by atoms with Gasteiger partial charge in [-0.3, -0.25) is 0 Å². The fourth-order valence-electron chi connectivity index (χ4n) is 3.07. The van der Waals surface area contributed by atoms with Crippen molar-refractivity contribution >= 4 is 0 Å². The van der Waals surface area contributed by atoms with Gasteiger partial charge in [0.1, 0.15) is 17.1 Å². The van der Waals surface area contributed by atoms with E-state index in [4.69, 9.17) is 9.47 Å². The second kappa shape index (κ2) is 3.91. The Balaban J connectivity index is 1.96. The topological polar surface area (TPSA) is 38.7 Å². The first-order chi connectivity index (χ1) is 8.22. The lowest BCUT2D eigenvalue weighted by Gasteiger charge is -2.38. The van der Waals surface area contributed by atoms with Crippen molar-refractivity contribution in [3.8, 4) is 11.5 Å². The summed E-state index contributed by atoms with van der Waals surface area (Å²) in [6.45, 7) is 0. The maximum atomic E-state index is 10.3. The summed E-state index contributed by atoms with van der Waals surface area (Å²) in [5.41, 5.74) is 0.753. The van der Waals surface area contributed by atoms with Crippen molar-refractivity contribution in [2.45, 2.75) is 43.8 Å². The van der Waals surface area contributed by atoms with Crippen LogP contribution < -0.4 is 9.47 Å². The lowest BCUT2D eigenvalue weighted by atomic mass is 9.87. The van der Waals surface area contributed by atoms with E-state index in [-0.39, 0.29) is 5.60 Å². The Morgan fingerprint density at radius 1 is 1.35 bits per heavy atom. The lowest BCUT2D eigenvalue weighted by molar-refractivity contribution is -0.00952. The molecule has 1 aromatic rings. The smallest absolute Gasteiger partial charge is 0.126 e. The summed E-state index contributed by atoms with van der Waals surface area (Å²) >= 11 is 0. The Morgan fingerprint density at radius 3 is 2.82 bits per heavy atom. The molecule has 92 valence electrons. The van der Waals surface area contributed by atoms with Crippen LogP contribution in [0.5, 0.6) is 11.5 Å². The highest BCUT2D eigenvalue weighted by Crippen LogP contribution is 2.47. The monoisotopic (exact) mass is 234 g/mol. The minimum Gasteiger partial charge on any atom is -0.497 e. The van der Waals surface area contributed by atoms with E-state index >= 15 is 0 Å². The van der Waals surface area contributed by atoms with E-state index in [1.807, 2.05) is 18.2 Å². The van der Waals surface area contributed by atoms with Crippen molar-refractivity contribution in [3.63, 3.8) is 0 Å². The lowest BCUT2D eigenvalue weighted by Crippen LogP contribution is -2.38. The predicted molar refractivity (Wildman–Crippen MR) is 64.4 cm³/mol. The largest absolute Gasteiger partial charge is 0.497 e. The van der Waals surface area contributed by atoms with E-state index in [0.29, 0.717) is 6.42 Å². The van der Waals surface area contributed by atoms with Gasteiger partial charge in [0.25, 0.3) is 0 Å². The molecule has 1 N–H and O–H groups in total. The number of rotatable bonds is 1. The molecule has 1 aromatic carbocycles. The number of aliphatic hydroxyl groups excluding tert-OH is 1. The van der Waals surface area contributed by atoms with Gasteiger partial charge in [-0.25, -0.2) is 0 Å². The van der Waals surface area contributed by atoms with E-state index in [9.17, 15) is 5.11 Å². The van der Waals surface area contributed by atoms with Gasteiger partial charge in [-0.1, -0.05) is 0 Å². The van der Waals surface area contributed by atoms with E-state index in [0.717, 1.165) is 29.9 Å². The first-order valence-corrected chi connectivity index (χ1v) is 6.27. The van der Waals surface area contributed by atoms with Crippen LogP contribution in [0.3, 0.4) is 0 Å². The zero-order valence-corrected chi connectivity index (χ0v) is 10.1. The number of fused-ring (bicyclic) bond motifs is 1. The Hall–Kier alpha value is -1.22. The molecule has 2 aliphatic rings. The van der Waals surface area contributed by atoms with Crippen LogP contribution in [0, 0.1) is 0 Å². The van der Waals surface area contributed by atoms with Crippen LogP contribution in [0.2, 0.25) is 0 Å². The fourth-order valence-corrected chi connectivity index (χ4v) is 3.07. The first kappa shape index (κ1) is 10.9.